The molecule has 0 saturated heterocycles. The van der Waals surface area contributed by atoms with Crippen molar-refractivity contribution >= 4 is 0 Å². The number of hydrogen-bond acceptors (Lipinski definition) is 1. The number of rotatable bonds is 1. The SMILES string of the molecule is Cc1ccc(C(N)C(F)(F)F)c(C)c1C. The molecule has 0 aliphatic heterocycles. The van der Waals surface area contributed by atoms with Crippen LogP contribution in [0.2, 0.25) is 0 Å². The van der Waals surface area contributed by atoms with Gasteiger partial charge in [-0.15, -0.1) is 0 Å². The Balaban J connectivity index is 3.23. The van der Waals surface area contributed by atoms with Crippen LogP contribution in [0.1, 0.15) is 28.3 Å². The number of hydrogen-bond donors (Lipinski definition) is 1. The molecule has 0 aromatic heterocycles. The standard InChI is InChI=1S/C11H14F3N/c1-6-4-5-9(8(3)7(6)2)10(15)11(12,13)14/h4-5,10H,15H2,1-3H3. The molecule has 0 fully saturated rings. The first-order chi connectivity index (χ1) is 6.75. The van der Waals surface area contributed by atoms with E-state index < -0.39 is 12.2 Å². The Labute approximate surface area is 87.1 Å². The van der Waals surface area contributed by atoms with Gasteiger partial charge in [0, 0.05) is 0 Å². The van der Waals surface area contributed by atoms with Gasteiger partial charge in [0.05, 0.1) is 0 Å². The van der Waals surface area contributed by atoms with E-state index in [0.717, 1.165) is 11.1 Å². The fourth-order valence-electron chi connectivity index (χ4n) is 1.49. The molecule has 1 nitrogen and oxygen atoms in total. The zero-order valence-corrected chi connectivity index (χ0v) is 8.94. The third kappa shape index (κ3) is 2.31. The molecule has 0 saturated carbocycles. The molecule has 0 spiro atoms. The summed E-state index contributed by atoms with van der Waals surface area (Å²) < 4.78 is 37.3. The third-order valence-corrected chi connectivity index (χ3v) is 2.79. The summed E-state index contributed by atoms with van der Waals surface area (Å²) in [5, 5.41) is 0. The van der Waals surface area contributed by atoms with Crippen molar-refractivity contribution in [2.24, 2.45) is 5.73 Å². The summed E-state index contributed by atoms with van der Waals surface area (Å²) in [6.07, 6.45) is -4.38. The van der Waals surface area contributed by atoms with Crippen molar-refractivity contribution < 1.29 is 13.2 Å². The van der Waals surface area contributed by atoms with E-state index in [-0.39, 0.29) is 5.56 Å². The molecule has 2 N–H and O–H groups in total. The highest BCUT2D eigenvalue weighted by Gasteiger charge is 2.38. The van der Waals surface area contributed by atoms with Crippen molar-refractivity contribution in [1.82, 2.24) is 0 Å². The zero-order chi connectivity index (χ0) is 11.8. The van der Waals surface area contributed by atoms with Crippen molar-refractivity contribution in [3.05, 3.63) is 34.4 Å². The quantitative estimate of drug-likeness (QED) is 0.768. The minimum Gasteiger partial charge on any atom is -0.316 e. The van der Waals surface area contributed by atoms with Gasteiger partial charge in [-0.25, -0.2) is 0 Å². The summed E-state index contributed by atoms with van der Waals surface area (Å²) in [7, 11) is 0. The molecule has 0 aliphatic carbocycles. The average molecular weight is 217 g/mol. The maximum atomic E-state index is 12.4. The number of halogens is 3. The molecule has 0 heterocycles. The minimum atomic E-state index is -4.38. The predicted octanol–water partition coefficient (Wildman–Crippen LogP) is 3.17. The summed E-state index contributed by atoms with van der Waals surface area (Å²) in [5.74, 6) is 0. The van der Waals surface area contributed by atoms with Crippen molar-refractivity contribution in [3.63, 3.8) is 0 Å². The van der Waals surface area contributed by atoms with Crippen LogP contribution in [0.25, 0.3) is 0 Å². The Morgan fingerprint density at radius 2 is 1.60 bits per heavy atom. The van der Waals surface area contributed by atoms with Crippen LogP contribution in [0.3, 0.4) is 0 Å². The summed E-state index contributed by atoms with van der Waals surface area (Å²) >= 11 is 0. The smallest absolute Gasteiger partial charge is 0.316 e. The van der Waals surface area contributed by atoms with Crippen molar-refractivity contribution in [1.29, 1.82) is 0 Å². The van der Waals surface area contributed by atoms with Gasteiger partial charge in [0.25, 0.3) is 0 Å². The van der Waals surface area contributed by atoms with Crippen LogP contribution in [0, 0.1) is 20.8 Å². The molecule has 1 aromatic carbocycles. The van der Waals surface area contributed by atoms with E-state index in [4.69, 9.17) is 5.73 Å². The van der Waals surface area contributed by atoms with Crippen molar-refractivity contribution in [2.45, 2.75) is 33.0 Å². The maximum absolute atomic E-state index is 12.4. The van der Waals surface area contributed by atoms with Crippen LogP contribution in [0.5, 0.6) is 0 Å². The van der Waals surface area contributed by atoms with E-state index in [1.807, 2.05) is 6.92 Å². The Hall–Kier alpha value is -1.03. The van der Waals surface area contributed by atoms with Gasteiger partial charge in [-0.2, -0.15) is 13.2 Å². The first kappa shape index (κ1) is 12.0. The van der Waals surface area contributed by atoms with Crippen LogP contribution in [0.15, 0.2) is 12.1 Å². The largest absolute Gasteiger partial charge is 0.407 e. The highest BCUT2D eigenvalue weighted by atomic mass is 19.4. The summed E-state index contributed by atoms with van der Waals surface area (Å²) in [6, 6.07) is 1.23. The molecule has 0 bridgehead atoms. The van der Waals surface area contributed by atoms with E-state index in [1.54, 1.807) is 19.9 Å². The second-order valence-corrected chi connectivity index (χ2v) is 3.74. The molecule has 84 valence electrons. The molecule has 15 heavy (non-hydrogen) atoms. The lowest BCUT2D eigenvalue weighted by atomic mass is 9.94. The Kier molecular flexibility index (Phi) is 3.09. The molecule has 0 amide bonds. The fraction of sp³-hybridized carbons (Fsp3) is 0.455. The highest BCUT2D eigenvalue weighted by Crippen LogP contribution is 2.33. The van der Waals surface area contributed by atoms with Crippen LogP contribution < -0.4 is 5.73 Å². The van der Waals surface area contributed by atoms with Gasteiger partial charge in [0.1, 0.15) is 6.04 Å². The number of nitrogens with two attached hydrogens (primary N) is 1. The number of benzene rings is 1. The van der Waals surface area contributed by atoms with Gasteiger partial charge in [-0.05, 0) is 43.0 Å². The molecule has 4 heteroatoms. The predicted molar refractivity (Wildman–Crippen MR) is 53.6 cm³/mol. The maximum Gasteiger partial charge on any atom is 0.407 e. The summed E-state index contributed by atoms with van der Waals surface area (Å²) in [4.78, 5) is 0. The Morgan fingerprint density at radius 3 is 2.07 bits per heavy atom. The van der Waals surface area contributed by atoms with Crippen LogP contribution in [-0.4, -0.2) is 6.18 Å². The first-order valence-corrected chi connectivity index (χ1v) is 4.64. The lowest BCUT2D eigenvalue weighted by Crippen LogP contribution is -2.29. The monoisotopic (exact) mass is 217 g/mol. The lowest BCUT2D eigenvalue weighted by Gasteiger charge is -2.19. The van der Waals surface area contributed by atoms with Crippen LogP contribution in [-0.2, 0) is 0 Å². The minimum absolute atomic E-state index is 0.158. The molecular weight excluding hydrogens is 203 g/mol. The highest BCUT2D eigenvalue weighted by molar-refractivity contribution is 5.40. The zero-order valence-electron chi connectivity index (χ0n) is 8.94. The summed E-state index contributed by atoms with van der Waals surface area (Å²) in [6.45, 7) is 5.34. The number of aryl methyl sites for hydroxylation is 1. The molecule has 1 atom stereocenters. The normalized spacial score (nSPS) is 14.1. The van der Waals surface area contributed by atoms with E-state index in [1.165, 1.54) is 6.07 Å². The van der Waals surface area contributed by atoms with E-state index in [9.17, 15) is 13.2 Å². The molecular formula is C11H14F3N. The average Bonchev–Trinajstić information content (AvgIpc) is 2.12. The van der Waals surface area contributed by atoms with E-state index >= 15 is 0 Å². The topological polar surface area (TPSA) is 26.0 Å². The van der Waals surface area contributed by atoms with Gasteiger partial charge in [-0.1, -0.05) is 12.1 Å². The van der Waals surface area contributed by atoms with Crippen LogP contribution >= 0.6 is 0 Å². The number of alkyl halides is 3. The molecule has 1 aromatic rings. The van der Waals surface area contributed by atoms with E-state index in [2.05, 4.69) is 0 Å². The Morgan fingerprint density at radius 1 is 1.07 bits per heavy atom. The van der Waals surface area contributed by atoms with Gasteiger partial charge in [-0.3, -0.25) is 0 Å². The first-order valence-electron chi connectivity index (χ1n) is 4.64. The van der Waals surface area contributed by atoms with Crippen molar-refractivity contribution in [2.75, 3.05) is 0 Å². The van der Waals surface area contributed by atoms with Gasteiger partial charge < -0.3 is 5.73 Å². The lowest BCUT2D eigenvalue weighted by molar-refractivity contribution is -0.149. The van der Waals surface area contributed by atoms with E-state index in [0.29, 0.717) is 5.56 Å². The third-order valence-electron chi connectivity index (χ3n) is 2.79. The van der Waals surface area contributed by atoms with Crippen LogP contribution in [0.4, 0.5) is 13.2 Å². The van der Waals surface area contributed by atoms with Gasteiger partial charge >= 0.3 is 6.18 Å². The Bertz CT molecular complexity index is 369. The second-order valence-electron chi connectivity index (χ2n) is 3.74. The summed E-state index contributed by atoms with van der Waals surface area (Å²) in [5.41, 5.74) is 7.79. The molecule has 1 unspecified atom stereocenters. The molecule has 0 radical (unpaired) electrons. The van der Waals surface area contributed by atoms with Gasteiger partial charge in [0.15, 0.2) is 0 Å². The van der Waals surface area contributed by atoms with Crippen molar-refractivity contribution in [3.8, 4) is 0 Å². The fourth-order valence-corrected chi connectivity index (χ4v) is 1.49. The molecule has 1 rings (SSSR count). The second kappa shape index (κ2) is 3.85. The molecule has 0 aliphatic rings. The van der Waals surface area contributed by atoms with Gasteiger partial charge in [0.2, 0.25) is 0 Å².